The molecule has 1 N–H and O–H groups in total. The Hall–Kier alpha value is -2.38. The van der Waals surface area contributed by atoms with E-state index in [4.69, 9.17) is 4.74 Å². The van der Waals surface area contributed by atoms with Gasteiger partial charge in [0.1, 0.15) is 12.4 Å². The Kier molecular flexibility index (Phi) is 7.73. The van der Waals surface area contributed by atoms with Gasteiger partial charge in [-0.05, 0) is 68.5 Å². The molecule has 1 amide bonds. The largest absolute Gasteiger partial charge is 0.491 e. The summed E-state index contributed by atoms with van der Waals surface area (Å²) in [5, 5.41) is 2.84. The molecule has 0 atom stereocenters. The molecule has 1 saturated heterocycles. The molecule has 0 spiro atoms. The zero-order valence-electron chi connectivity index (χ0n) is 18.6. The van der Waals surface area contributed by atoms with Gasteiger partial charge < -0.3 is 10.1 Å². The van der Waals surface area contributed by atoms with Crippen molar-refractivity contribution < 1.29 is 17.9 Å². The van der Waals surface area contributed by atoms with Crippen LogP contribution in [0.2, 0.25) is 0 Å². The third kappa shape index (κ3) is 5.86. The maximum Gasteiger partial charge on any atom is 0.251 e. The number of rotatable bonds is 7. The molecular formula is C24H32N2O4S. The predicted octanol–water partition coefficient (Wildman–Crippen LogP) is 3.99. The summed E-state index contributed by atoms with van der Waals surface area (Å²) in [6.07, 6.45) is 3.85. The molecule has 0 radical (unpaired) electrons. The van der Waals surface area contributed by atoms with Gasteiger partial charge in [-0.2, -0.15) is 4.31 Å². The fraction of sp³-hybridized carbons (Fsp3) is 0.458. The van der Waals surface area contributed by atoms with Gasteiger partial charge in [-0.25, -0.2) is 8.42 Å². The van der Waals surface area contributed by atoms with E-state index in [-0.39, 0.29) is 10.8 Å². The van der Waals surface area contributed by atoms with Crippen molar-refractivity contribution in [1.29, 1.82) is 0 Å². The highest BCUT2D eigenvalue weighted by Gasteiger charge is 2.26. The second-order valence-corrected chi connectivity index (χ2v) is 10.1. The van der Waals surface area contributed by atoms with E-state index in [1.807, 2.05) is 39.0 Å². The van der Waals surface area contributed by atoms with Crippen molar-refractivity contribution in [3.05, 3.63) is 58.7 Å². The van der Waals surface area contributed by atoms with Gasteiger partial charge >= 0.3 is 0 Å². The molecule has 0 bridgehead atoms. The van der Waals surface area contributed by atoms with Crippen LogP contribution >= 0.6 is 0 Å². The highest BCUT2D eigenvalue weighted by atomic mass is 32.2. The van der Waals surface area contributed by atoms with Crippen LogP contribution in [0.1, 0.15) is 52.7 Å². The smallest absolute Gasteiger partial charge is 0.251 e. The van der Waals surface area contributed by atoms with Gasteiger partial charge in [0, 0.05) is 18.7 Å². The van der Waals surface area contributed by atoms with E-state index in [0.717, 1.165) is 48.1 Å². The lowest BCUT2D eigenvalue weighted by Gasteiger charge is -2.20. The molecule has 0 aromatic heterocycles. The number of hydrogen-bond acceptors (Lipinski definition) is 4. The van der Waals surface area contributed by atoms with Crippen molar-refractivity contribution in [1.82, 2.24) is 9.62 Å². The standard InChI is InChI=1S/C24H32N2O4S/c1-18-8-9-20(3)23(16-18)30-15-12-25-24(27)22-17-21(11-10-19(22)2)31(28,29)26-13-6-4-5-7-14-26/h8-11,16-17H,4-7,12-15H2,1-3H3,(H,25,27). The number of nitrogens with zero attached hydrogens (tertiary/aromatic N) is 1. The SMILES string of the molecule is Cc1ccc(C)c(OCCNC(=O)c2cc(S(=O)(=O)N3CCCCCC3)ccc2C)c1. The first-order valence-electron chi connectivity index (χ1n) is 10.9. The fourth-order valence-corrected chi connectivity index (χ4v) is 5.26. The molecule has 1 aliphatic rings. The molecule has 1 fully saturated rings. The molecule has 0 unspecified atom stereocenters. The van der Waals surface area contributed by atoms with Gasteiger partial charge in [-0.15, -0.1) is 0 Å². The summed E-state index contributed by atoms with van der Waals surface area (Å²) < 4.78 is 33.5. The van der Waals surface area contributed by atoms with Crippen LogP contribution in [0, 0.1) is 20.8 Å². The molecule has 0 saturated carbocycles. The average molecular weight is 445 g/mol. The fourth-order valence-electron chi connectivity index (χ4n) is 3.72. The van der Waals surface area contributed by atoms with Crippen molar-refractivity contribution in [2.75, 3.05) is 26.2 Å². The lowest BCUT2D eigenvalue weighted by atomic mass is 10.1. The first-order valence-corrected chi connectivity index (χ1v) is 12.3. The minimum Gasteiger partial charge on any atom is -0.491 e. The first-order chi connectivity index (χ1) is 14.8. The number of hydrogen-bond donors (Lipinski definition) is 1. The Morgan fingerprint density at radius 2 is 1.65 bits per heavy atom. The maximum atomic E-state index is 13.1. The topological polar surface area (TPSA) is 75.7 Å². The second-order valence-electron chi connectivity index (χ2n) is 8.17. The van der Waals surface area contributed by atoms with E-state index in [1.165, 1.54) is 6.07 Å². The Balaban J connectivity index is 1.65. The summed E-state index contributed by atoms with van der Waals surface area (Å²) in [5.74, 6) is 0.506. The van der Waals surface area contributed by atoms with E-state index >= 15 is 0 Å². The van der Waals surface area contributed by atoms with E-state index in [1.54, 1.807) is 16.4 Å². The molecule has 1 aliphatic heterocycles. The minimum atomic E-state index is -3.60. The number of sulfonamides is 1. The lowest BCUT2D eigenvalue weighted by Crippen LogP contribution is -2.32. The summed E-state index contributed by atoms with van der Waals surface area (Å²) in [6.45, 7) is 7.52. The van der Waals surface area contributed by atoms with Crippen LogP contribution in [0.15, 0.2) is 41.3 Å². The molecule has 31 heavy (non-hydrogen) atoms. The van der Waals surface area contributed by atoms with E-state index in [9.17, 15) is 13.2 Å². The van der Waals surface area contributed by atoms with E-state index in [2.05, 4.69) is 5.32 Å². The van der Waals surface area contributed by atoms with Crippen molar-refractivity contribution >= 4 is 15.9 Å². The Labute approximate surface area is 185 Å². The molecule has 168 valence electrons. The van der Waals surface area contributed by atoms with Crippen LogP contribution in [0.5, 0.6) is 5.75 Å². The van der Waals surface area contributed by atoms with Crippen molar-refractivity contribution in [3.8, 4) is 5.75 Å². The number of aryl methyl sites for hydroxylation is 3. The third-order valence-corrected chi connectivity index (χ3v) is 7.54. The number of amides is 1. The third-order valence-electron chi connectivity index (χ3n) is 5.65. The quantitative estimate of drug-likeness (QED) is 0.656. The van der Waals surface area contributed by atoms with Gasteiger partial charge in [0.05, 0.1) is 11.4 Å². The lowest BCUT2D eigenvalue weighted by molar-refractivity contribution is 0.0946. The van der Waals surface area contributed by atoms with Crippen LogP contribution in [0.3, 0.4) is 0 Å². The highest BCUT2D eigenvalue weighted by molar-refractivity contribution is 7.89. The van der Waals surface area contributed by atoms with Crippen LogP contribution in [0.25, 0.3) is 0 Å². The van der Waals surface area contributed by atoms with E-state index < -0.39 is 10.0 Å². The van der Waals surface area contributed by atoms with Crippen LogP contribution in [-0.2, 0) is 10.0 Å². The monoisotopic (exact) mass is 444 g/mol. The summed E-state index contributed by atoms with van der Waals surface area (Å²) in [7, 11) is -3.60. The molecule has 6 nitrogen and oxygen atoms in total. The highest BCUT2D eigenvalue weighted by Crippen LogP contribution is 2.23. The van der Waals surface area contributed by atoms with Gasteiger partial charge in [-0.1, -0.05) is 31.0 Å². The molecule has 2 aromatic rings. The van der Waals surface area contributed by atoms with Gasteiger partial charge in [-0.3, -0.25) is 4.79 Å². The molecule has 3 rings (SSSR count). The average Bonchev–Trinajstić information content (AvgIpc) is 3.04. The molecular weight excluding hydrogens is 412 g/mol. The maximum absolute atomic E-state index is 13.1. The van der Waals surface area contributed by atoms with Crippen LogP contribution < -0.4 is 10.1 Å². The first kappa shape index (κ1) is 23.3. The van der Waals surface area contributed by atoms with Gasteiger partial charge in [0.25, 0.3) is 5.91 Å². The van der Waals surface area contributed by atoms with Crippen molar-refractivity contribution in [3.63, 3.8) is 0 Å². The molecule has 7 heteroatoms. The zero-order chi connectivity index (χ0) is 22.4. The zero-order valence-corrected chi connectivity index (χ0v) is 19.4. The van der Waals surface area contributed by atoms with Crippen molar-refractivity contribution in [2.24, 2.45) is 0 Å². The molecule has 0 aliphatic carbocycles. The Morgan fingerprint density at radius 1 is 0.968 bits per heavy atom. The summed E-state index contributed by atoms with van der Waals surface area (Å²) in [6, 6.07) is 10.8. The number of benzene rings is 2. The number of carbonyl (C=O) groups is 1. The summed E-state index contributed by atoms with van der Waals surface area (Å²) >= 11 is 0. The normalized spacial score (nSPS) is 15.3. The number of nitrogens with one attached hydrogen (secondary N) is 1. The van der Waals surface area contributed by atoms with Crippen LogP contribution in [0.4, 0.5) is 0 Å². The minimum absolute atomic E-state index is 0.178. The number of carbonyl (C=O) groups excluding carboxylic acids is 1. The van der Waals surface area contributed by atoms with Gasteiger partial charge in [0.15, 0.2) is 0 Å². The Bertz CT molecular complexity index is 1030. The number of ether oxygens (including phenoxy) is 1. The molecule has 2 aromatic carbocycles. The van der Waals surface area contributed by atoms with Crippen molar-refractivity contribution in [2.45, 2.75) is 51.3 Å². The summed E-state index contributed by atoms with van der Waals surface area (Å²) in [4.78, 5) is 12.9. The van der Waals surface area contributed by atoms with Crippen LogP contribution in [-0.4, -0.2) is 44.9 Å². The molecule has 1 heterocycles. The predicted molar refractivity (Wildman–Crippen MR) is 122 cm³/mol. The Morgan fingerprint density at radius 3 is 2.35 bits per heavy atom. The van der Waals surface area contributed by atoms with Gasteiger partial charge in [0.2, 0.25) is 10.0 Å². The summed E-state index contributed by atoms with van der Waals surface area (Å²) in [5.41, 5.74) is 3.27. The van der Waals surface area contributed by atoms with E-state index in [0.29, 0.717) is 31.8 Å². The second kappa shape index (κ2) is 10.3.